The molecule has 0 fully saturated rings. The van der Waals surface area contributed by atoms with Crippen LogP contribution in [0.15, 0.2) is 63.4 Å². The predicted octanol–water partition coefficient (Wildman–Crippen LogP) is 4.12. The molecule has 0 radical (unpaired) electrons. The fraction of sp³-hybridized carbons (Fsp3) is 0.190. The Morgan fingerprint density at radius 3 is 2.93 bits per heavy atom. The summed E-state index contributed by atoms with van der Waals surface area (Å²) < 4.78 is 3.58. The minimum Gasteiger partial charge on any atom is -0.356 e. The first kappa shape index (κ1) is 18.8. The van der Waals surface area contributed by atoms with Gasteiger partial charge in [0, 0.05) is 28.7 Å². The molecule has 0 aliphatic rings. The standard InChI is InChI=1S/C21H18BrN3O2S/c22-15-5-6-18-17(11-15)21(27)25(13-24-18)10-8-20(26)23-9-7-14-12-28-19-4-2-1-3-16(14)19/h1-6,11-13H,7-10H2,(H,23,26). The number of fused-ring (bicyclic) bond motifs is 2. The second-order valence-corrected chi connectivity index (χ2v) is 8.34. The maximum Gasteiger partial charge on any atom is 0.261 e. The van der Waals surface area contributed by atoms with E-state index < -0.39 is 0 Å². The highest BCUT2D eigenvalue weighted by Crippen LogP contribution is 2.25. The molecule has 2 aromatic heterocycles. The molecule has 0 spiro atoms. The molecular formula is C21H18BrN3O2S. The minimum atomic E-state index is -0.135. The number of carbonyl (C=O) groups excluding carboxylic acids is 1. The van der Waals surface area contributed by atoms with E-state index in [1.165, 1.54) is 26.5 Å². The lowest BCUT2D eigenvalue weighted by molar-refractivity contribution is -0.121. The van der Waals surface area contributed by atoms with Crippen LogP contribution >= 0.6 is 27.3 Å². The molecule has 2 heterocycles. The molecule has 28 heavy (non-hydrogen) atoms. The van der Waals surface area contributed by atoms with Gasteiger partial charge in [0.15, 0.2) is 0 Å². The number of aryl methyl sites for hydroxylation is 1. The first-order valence-corrected chi connectivity index (χ1v) is 10.7. The topological polar surface area (TPSA) is 64.0 Å². The van der Waals surface area contributed by atoms with Crippen molar-refractivity contribution in [1.29, 1.82) is 0 Å². The van der Waals surface area contributed by atoms with Crippen molar-refractivity contribution >= 4 is 54.2 Å². The number of hydrogen-bond acceptors (Lipinski definition) is 4. The Morgan fingerprint density at radius 1 is 1.18 bits per heavy atom. The van der Waals surface area contributed by atoms with Crippen molar-refractivity contribution < 1.29 is 4.79 Å². The van der Waals surface area contributed by atoms with E-state index in [1.807, 2.05) is 18.2 Å². The van der Waals surface area contributed by atoms with Crippen LogP contribution in [0.4, 0.5) is 0 Å². The second kappa shape index (κ2) is 8.24. The summed E-state index contributed by atoms with van der Waals surface area (Å²) in [5.41, 5.74) is 1.77. The zero-order chi connectivity index (χ0) is 19.5. The Kier molecular flexibility index (Phi) is 5.54. The molecular weight excluding hydrogens is 438 g/mol. The molecule has 0 bridgehead atoms. The number of amides is 1. The van der Waals surface area contributed by atoms with Crippen molar-refractivity contribution in [3.05, 3.63) is 74.6 Å². The zero-order valence-electron chi connectivity index (χ0n) is 15.0. The zero-order valence-corrected chi connectivity index (χ0v) is 17.4. The van der Waals surface area contributed by atoms with Crippen LogP contribution in [0.3, 0.4) is 0 Å². The molecule has 0 aliphatic carbocycles. The monoisotopic (exact) mass is 455 g/mol. The molecule has 5 nitrogen and oxygen atoms in total. The highest BCUT2D eigenvalue weighted by atomic mass is 79.9. The van der Waals surface area contributed by atoms with Crippen LogP contribution < -0.4 is 10.9 Å². The van der Waals surface area contributed by atoms with Gasteiger partial charge in [-0.05, 0) is 47.0 Å². The first-order chi connectivity index (χ1) is 13.6. The van der Waals surface area contributed by atoms with Crippen LogP contribution in [0, 0.1) is 0 Å². The van der Waals surface area contributed by atoms with Crippen molar-refractivity contribution in [2.24, 2.45) is 0 Å². The number of halogens is 1. The van der Waals surface area contributed by atoms with E-state index in [0.29, 0.717) is 24.0 Å². The summed E-state index contributed by atoms with van der Waals surface area (Å²) in [6, 6.07) is 13.7. The van der Waals surface area contributed by atoms with Crippen LogP contribution in [0.2, 0.25) is 0 Å². The fourth-order valence-electron chi connectivity index (χ4n) is 3.16. The number of hydrogen-bond donors (Lipinski definition) is 1. The first-order valence-electron chi connectivity index (χ1n) is 8.98. The average molecular weight is 456 g/mol. The molecule has 0 atom stereocenters. The molecule has 0 saturated heterocycles. The van der Waals surface area contributed by atoms with Gasteiger partial charge in [-0.1, -0.05) is 34.1 Å². The maximum absolute atomic E-state index is 12.6. The Labute approximate surface area is 174 Å². The smallest absolute Gasteiger partial charge is 0.261 e. The van der Waals surface area contributed by atoms with E-state index >= 15 is 0 Å². The van der Waals surface area contributed by atoms with Gasteiger partial charge in [0.1, 0.15) is 0 Å². The number of rotatable bonds is 6. The fourth-order valence-corrected chi connectivity index (χ4v) is 4.52. The summed E-state index contributed by atoms with van der Waals surface area (Å²) in [7, 11) is 0. The SMILES string of the molecule is O=C(CCn1cnc2ccc(Br)cc2c1=O)NCCc1csc2ccccc12. The predicted molar refractivity (Wildman–Crippen MR) is 117 cm³/mol. The summed E-state index contributed by atoms with van der Waals surface area (Å²) in [6.07, 6.45) is 2.54. The Bertz CT molecular complexity index is 1220. The van der Waals surface area contributed by atoms with E-state index in [0.717, 1.165) is 10.9 Å². The van der Waals surface area contributed by atoms with Gasteiger partial charge in [0.05, 0.1) is 17.2 Å². The van der Waals surface area contributed by atoms with Crippen molar-refractivity contribution in [1.82, 2.24) is 14.9 Å². The molecule has 0 aliphatic heterocycles. The van der Waals surface area contributed by atoms with Gasteiger partial charge in [-0.15, -0.1) is 11.3 Å². The van der Waals surface area contributed by atoms with E-state index in [9.17, 15) is 9.59 Å². The van der Waals surface area contributed by atoms with Gasteiger partial charge in [0.2, 0.25) is 5.91 Å². The van der Waals surface area contributed by atoms with Crippen LogP contribution in [-0.2, 0) is 17.8 Å². The largest absolute Gasteiger partial charge is 0.356 e. The van der Waals surface area contributed by atoms with Gasteiger partial charge in [-0.2, -0.15) is 0 Å². The summed E-state index contributed by atoms with van der Waals surface area (Å²) in [6.45, 7) is 0.888. The number of nitrogens with zero attached hydrogens (tertiary/aromatic N) is 2. The molecule has 0 saturated carbocycles. The third-order valence-corrected chi connectivity index (χ3v) is 6.15. The quantitative estimate of drug-likeness (QED) is 0.475. The lowest BCUT2D eigenvalue weighted by atomic mass is 10.1. The van der Waals surface area contributed by atoms with Gasteiger partial charge in [-0.25, -0.2) is 4.98 Å². The van der Waals surface area contributed by atoms with Crippen LogP contribution in [0.1, 0.15) is 12.0 Å². The summed E-state index contributed by atoms with van der Waals surface area (Å²) in [5, 5.41) is 6.89. The Balaban J connectivity index is 1.34. The second-order valence-electron chi connectivity index (χ2n) is 6.51. The van der Waals surface area contributed by atoms with Gasteiger partial charge < -0.3 is 5.32 Å². The molecule has 4 aromatic rings. The summed E-state index contributed by atoms with van der Waals surface area (Å²) >= 11 is 5.10. The van der Waals surface area contributed by atoms with E-state index in [1.54, 1.807) is 23.5 Å². The van der Waals surface area contributed by atoms with E-state index in [4.69, 9.17) is 0 Å². The highest BCUT2D eigenvalue weighted by Gasteiger charge is 2.08. The van der Waals surface area contributed by atoms with Crippen molar-refractivity contribution in [2.45, 2.75) is 19.4 Å². The maximum atomic E-state index is 12.6. The third kappa shape index (κ3) is 4.00. The summed E-state index contributed by atoms with van der Waals surface area (Å²) in [4.78, 5) is 29.0. The van der Waals surface area contributed by atoms with E-state index in [-0.39, 0.29) is 17.9 Å². The Morgan fingerprint density at radius 2 is 2.04 bits per heavy atom. The van der Waals surface area contributed by atoms with Crippen LogP contribution in [-0.4, -0.2) is 22.0 Å². The van der Waals surface area contributed by atoms with Gasteiger partial charge >= 0.3 is 0 Å². The molecule has 0 unspecified atom stereocenters. The van der Waals surface area contributed by atoms with Gasteiger partial charge in [-0.3, -0.25) is 14.2 Å². The molecule has 1 amide bonds. The van der Waals surface area contributed by atoms with Crippen molar-refractivity contribution in [3.63, 3.8) is 0 Å². The Hall–Kier alpha value is -2.51. The number of benzene rings is 2. The lowest BCUT2D eigenvalue weighted by Crippen LogP contribution is -2.29. The average Bonchev–Trinajstić information content (AvgIpc) is 3.11. The van der Waals surface area contributed by atoms with Crippen molar-refractivity contribution in [2.75, 3.05) is 6.54 Å². The van der Waals surface area contributed by atoms with Crippen LogP contribution in [0.25, 0.3) is 21.0 Å². The molecule has 1 N–H and O–H groups in total. The number of carbonyl (C=O) groups is 1. The lowest BCUT2D eigenvalue weighted by Gasteiger charge is -2.08. The van der Waals surface area contributed by atoms with E-state index in [2.05, 4.69) is 43.7 Å². The highest BCUT2D eigenvalue weighted by molar-refractivity contribution is 9.10. The number of aromatic nitrogens is 2. The van der Waals surface area contributed by atoms with Crippen LogP contribution in [0.5, 0.6) is 0 Å². The normalized spacial score (nSPS) is 11.2. The number of thiophene rings is 1. The third-order valence-electron chi connectivity index (χ3n) is 4.64. The number of nitrogens with one attached hydrogen (secondary N) is 1. The molecule has 4 rings (SSSR count). The molecule has 7 heteroatoms. The molecule has 2 aromatic carbocycles. The summed E-state index contributed by atoms with van der Waals surface area (Å²) in [5.74, 6) is -0.0687. The van der Waals surface area contributed by atoms with Crippen molar-refractivity contribution in [3.8, 4) is 0 Å². The van der Waals surface area contributed by atoms with Gasteiger partial charge in [0.25, 0.3) is 5.56 Å². The minimum absolute atomic E-state index is 0.0687. The molecule has 142 valence electrons.